The van der Waals surface area contributed by atoms with E-state index in [0.717, 1.165) is 27.6 Å². The largest absolute Gasteiger partial charge is 0.490 e. The molecule has 1 atom stereocenters. The Morgan fingerprint density at radius 1 is 1.19 bits per heavy atom. The molecule has 0 heterocycles. The van der Waals surface area contributed by atoms with Crippen molar-refractivity contribution in [1.29, 1.82) is 0 Å². The molecule has 0 saturated carbocycles. The summed E-state index contributed by atoms with van der Waals surface area (Å²) in [5.41, 5.74) is 2.52. The molecule has 1 unspecified atom stereocenters. The lowest BCUT2D eigenvalue weighted by molar-refractivity contribution is 0.0994. The Kier molecular flexibility index (Phi) is 4.08. The second-order valence-electron chi connectivity index (χ2n) is 5.09. The van der Waals surface area contributed by atoms with E-state index in [0.29, 0.717) is 12.2 Å². The topological polar surface area (TPSA) is 46.5 Å². The summed E-state index contributed by atoms with van der Waals surface area (Å²) in [6, 6.07) is 13.0. The van der Waals surface area contributed by atoms with Crippen LogP contribution in [0.1, 0.15) is 34.0 Å². The van der Waals surface area contributed by atoms with E-state index in [-0.39, 0.29) is 12.4 Å². The minimum Gasteiger partial charge on any atom is -0.490 e. The molecule has 0 bridgehead atoms. The number of aliphatic hydroxyl groups excluding tert-OH is 1. The van der Waals surface area contributed by atoms with Crippen LogP contribution in [0.3, 0.4) is 0 Å². The number of ether oxygens (including phenoxy) is 1. The highest BCUT2D eigenvalue weighted by Gasteiger charge is 2.23. The molecule has 21 heavy (non-hydrogen) atoms. The number of hydrogen-bond acceptors (Lipinski definition) is 3. The summed E-state index contributed by atoms with van der Waals surface area (Å²) in [5.74, 6) is 0.871. The van der Waals surface area contributed by atoms with E-state index in [2.05, 4.69) is 15.9 Å². The molecule has 0 aromatic heterocycles. The van der Waals surface area contributed by atoms with E-state index >= 15 is 0 Å². The molecule has 2 aromatic carbocycles. The number of carbonyl (C=O) groups is 1. The van der Waals surface area contributed by atoms with Crippen LogP contribution in [-0.4, -0.2) is 17.5 Å². The molecule has 0 aliphatic heterocycles. The molecule has 0 amide bonds. The number of ketones is 1. The van der Waals surface area contributed by atoms with Crippen molar-refractivity contribution in [3.05, 3.63) is 63.6 Å². The van der Waals surface area contributed by atoms with Gasteiger partial charge >= 0.3 is 0 Å². The predicted molar refractivity (Wildman–Crippen MR) is 83.7 cm³/mol. The standard InChI is InChI=1S/C17H15BrO3/c18-12-4-1-3-11(9-12)16(20)10-21-17-6-2-5-13-14(17)7-8-15(13)19/h1-6,9,16,20H,7-8,10H2. The van der Waals surface area contributed by atoms with Crippen LogP contribution in [0.4, 0.5) is 0 Å². The Hall–Kier alpha value is -1.65. The van der Waals surface area contributed by atoms with E-state index in [4.69, 9.17) is 4.74 Å². The van der Waals surface area contributed by atoms with Gasteiger partial charge in [-0.2, -0.15) is 0 Å². The Bertz CT molecular complexity index is 681. The average Bonchev–Trinajstić information content (AvgIpc) is 2.87. The molecule has 0 spiro atoms. The lowest BCUT2D eigenvalue weighted by Gasteiger charge is -2.15. The monoisotopic (exact) mass is 346 g/mol. The fraction of sp³-hybridized carbons (Fsp3) is 0.235. The summed E-state index contributed by atoms with van der Waals surface area (Å²) in [6.45, 7) is 0.168. The number of benzene rings is 2. The molecule has 1 aliphatic carbocycles. The van der Waals surface area contributed by atoms with Crippen LogP contribution < -0.4 is 4.74 Å². The van der Waals surface area contributed by atoms with Crippen molar-refractivity contribution >= 4 is 21.7 Å². The fourth-order valence-corrected chi connectivity index (χ4v) is 2.99. The lowest BCUT2D eigenvalue weighted by Crippen LogP contribution is -2.10. The maximum Gasteiger partial charge on any atom is 0.163 e. The number of rotatable bonds is 4. The van der Waals surface area contributed by atoms with Gasteiger partial charge in [0.25, 0.3) is 0 Å². The van der Waals surface area contributed by atoms with Crippen LogP contribution in [-0.2, 0) is 6.42 Å². The number of carbonyl (C=O) groups excluding carboxylic acids is 1. The van der Waals surface area contributed by atoms with Crippen molar-refractivity contribution in [1.82, 2.24) is 0 Å². The SMILES string of the molecule is O=C1CCc2c(OCC(O)c3cccc(Br)c3)cccc21. The highest BCUT2D eigenvalue weighted by molar-refractivity contribution is 9.10. The van der Waals surface area contributed by atoms with Crippen molar-refractivity contribution < 1.29 is 14.6 Å². The molecule has 108 valence electrons. The minimum absolute atomic E-state index is 0.168. The van der Waals surface area contributed by atoms with Crippen LogP contribution >= 0.6 is 15.9 Å². The van der Waals surface area contributed by atoms with E-state index in [9.17, 15) is 9.90 Å². The Morgan fingerprint density at radius 3 is 2.81 bits per heavy atom. The molecule has 1 aliphatic rings. The third-order valence-corrected chi connectivity index (χ3v) is 4.16. The molecule has 0 fully saturated rings. The van der Waals surface area contributed by atoms with Crippen molar-refractivity contribution in [3.8, 4) is 5.75 Å². The summed E-state index contributed by atoms with van der Waals surface area (Å²) < 4.78 is 6.66. The Balaban J connectivity index is 1.73. The highest BCUT2D eigenvalue weighted by Crippen LogP contribution is 2.31. The fourth-order valence-electron chi connectivity index (χ4n) is 2.57. The van der Waals surface area contributed by atoms with Crippen LogP contribution in [0, 0.1) is 0 Å². The molecule has 0 radical (unpaired) electrons. The van der Waals surface area contributed by atoms with E-state index in [1.54, 1.807) is 0 Å². The summed E-state index contributed by atoms with van der Waals surface area (Å²) >= 11 is 3.38. The second-order valence-corrected chi connectivity index (χ2v) is 6.00. The molecule has 2 aromatic rings. The highest BCUT2D eigenvalue weighted by atomic mass is 79.9. The van der Waals surface area contributed by atoms with Crippen molar-refractivity contribution in [2.45, 2.75) is 18.9 Å². The molecular weight excluding hydrogens is 332 g/mol. The van der Waals surface area contributed by atoms with Crippen molar-refractivity contribution in [2.24, 2.45) is 0 Å². The second kappa shape index (κ2) is 6.00. The van der Waals surface area contributed by atoms with E-state index < -0.39 is 6.10 Å². The quantitative estimate of drug-likeness (QED) is 0.918. The first-order valence-electron chi connectivity index (χ1n) is 6.86. The smallest absolute Gasteiger partial charge is 0.163 e. The van der Waals surface area contributed by atoms with Gasteiger partial charge in [-0.3, -0.25) is 4.79 Å². The van der Waals surface area contributed by atoms with Gasteiger partial charge in [0.1, 0.15) is 18.5 Å². The Labute approximate surface area is 131 Å². The van der Waals surface area contributed by atoms with Gasteiger partial charge in [0.15, 0.2) is 5.78 Å². The van der Waals surface area contributed by atoms with Crippen LogP contribution in [0.2, 0.25) is 0 Å². The van der Waals surface area contributed by atoms with Gasteiger partial charge < -0.3 is 9.84 Å². The van der Waals surface area contributed by atoms with Gasteiger partial charge in [-0.1, -0.05) is 40.2 Å². The summed E-state index contributed by atoms with van der Waals surface area (Å²) in [7, 11) is 0. The van der Waals surface area contributed by atoms with Crippen LogP contribution in [0.25, 0.3) is 0 Å². The predicted octanol–water partition coefficient (Wildman–Crippen LogP) is 3.69. The number of Topliss-reactive ketones (excluding diaryl/α,β-unsaturated/α-hetero) is 1. The maximum absolute atomic E-state index is 11.7. The molecular formula is C17H15BrO3. The zero-order valence-corrected chi connectivity index (χ0v) is 13.0. The van der Waals surface area contributed by atoms with Gasteiger partial charge in [-0.15, -0.1) is 0 Å². The van der Waals surface area contributed by atoms with Gasteiger partial charge in [0.2, 0.25) is 0 Å². The van der Waals surface area contributed by atoms with Crippen LogP contribution in [0.15, 0.2) is 46.9 Å². The van der Waals surface area contributed by atoms with Gasteiger partial charge in [0, 0.05) is 22.0 Å². The van der Waals surface area contributed by atoms with Crippen molar-refractivity contribution in [2.75, 3.05) is 6.61 Å². The summed E-state index contributed by atoms with van der Waals surface area (Å²) in [4.78, 5) is 11.7. The normalized spacial score (nSPS) is 14.9. The molecule has 3 nitrogen and oxygen atoms in total. The number of halogens is 1. The first kappa shape index (κ1) is 14.3. The molecule has 4 heteroatoms. The zero-order valence-electron chi connectivity index (χ0n) is 11.4. The zero-order chi connectivity index (χ0) is 14.8. The van der Waals surface area contributed by atoms with Gasteiger partial charge in [-0.25, -0.2) is 0 Å². The Morgan fingerprint density at radius 2 is 2.00 bits per heavy atom. The third-order valence-electron chi connectivity index (χ3n) is 3.67. The maximum atomic E-state index is 11.7. The number of hydrogen-bond donors (Lipinski definition) is 1. The summed E-state index contributed by atoms with van der Waals surface area (Å²) in [6.07, 6.45) is 0.566. The number of fused-ring (bicyclic) bond motifs is 1. The lowest BCUT2D eigenvalue weighted by atomic mass is 10.1. The third kappa shape index (κ3) is 3.01. The summed E-state index contributed by atoms with van der Waals surface area (Å²) in [5, 5.41) is 10.2. The van der Waals surface area contributed by atoms with E-state index in [1.165, 1.54) is 0 Å². The van der Waals surface area contributed by atoms with Crippen LogP contribution in [0.5, 0.6) is 5.75 Å². The van der Waals surface area contributed by atoms with Gasteiger partial charge in [0.05, 0.1) is 0 Å². The molecule has 1 N–H and O–H groups in total. The van der Waals surface area contributed by atoms with Crippen molar-refractivity contribution in [3.63, 3.8) is 0 Å². The minimum atomic E-state index is -0.699. The molecule has 3 rings (SSSR count). The first-order valence-corrected chi connectivity index (χ1v) is 7.66. The number of aliphatic hydroxyl groups is 1. The van der Waals surface area contributed by atoms with Gasteiger partial charge in [-0.05, 0) is 30.2 Å². The van der Waals surface area contributed by atoms with E-state index in [1.807, 2.05) is 42.5 Å². The first-order chi connectivity index (χ1) is 10.1. The molecule has 0 saturated heterocycles. The average molecular weight is 347 g/mol.